The van der Waals surface area contributed by atoms with Crippen molar-refractivity contribution >= 4 is 17.8 Å². The molecule has 6 nitrogen and oxygen atoms in total. The van der Waals surface area contributed by atoms with E-state index in [1.54, 1.807) is 0 Å². The number of amides is 1. The van der Waals surface area contributed by atoms with Crippen LogP contribution in [0.1, 0.15) is 219 Å². The molecule has 45 heavy (non-hydrogen) atoms. The van der Waals surface area contributed by atoms with E-state index >= 15 is 0 Å². The molecule has 6 heteroatoms. The predicted molar refractivity (Wildman–Crippen MR) is 190 cm³/mol. The van der Waals surface area contributed by atoms with E-state index < -0.39 is 5.97 Å². The molecular formula is C39H75NO5. The molecular weight excluding hydrogens is 562 g/mol. The van der Waals surface area contributed by atoms with E-state index in [-0.39, 0.29) is 24.5 Å². The summed E-state index contributed by atoms with van der Waals surface area (Å²) >= 11 is 0. The van der Waals surface area contributed by atoms with Crippen molar-refractivity contribution in [3.63, 3.8) is 0 Å². The lowest BCUT2D eigenvalue weighted by Gasteiger charge is -2.18. The first-order valence-corrected chi connectivity index (χ1v) is 19.7. The first kappa shape index (κ1) is 43.4. The van der Waals surface area contributed by atoms with Gasteiger partial charge in [-0.2, -0.15) is 0 Å². The Morgan fingerprint density at radius 1 is 0.489 bits per heavy atom. The predicted octanol–water partition coefficient (Wildman–Crippen LogP) is 11.6. The quantitative estimate of drug-likeness (QED) is 0.0526. The Morgan fingerprint density at radius 2 is 0.822 bits per heavy atom. The molecule has 0 aliphatic rings. The van der Waals surface area contributed by atoms with Crippen molar-refractivity contribution in [1.29, 1.82) is 0 Å². The van der Waals surface area contributed by atoms with Crippen LogP contribution in [-0.2, 0) is 19.1 Å². The maximum absolute atomic E-state index is 12.6. The maximum atomic E-state index is 12.6. The van der Waals surface area contributed by atoms with Crippen LogP contribution >= 0.6 is 0 Å². The Bertz CT molecular complexity index is 668. The second-order valence-electron chi connectivity index (χ2n) is 13.6. The van der Waals surface area contributed by atoms with E-state index in [0.717, 1.165) is 57.8 Å². The number of esters is 1. The van der Waals surface area contributed by atoms with Crippen molar-refractivity contribution < 1.29 is 24.2 Å². The molecule has 0 saturated heterocycles. The number of carboxylic acids is 1. The Balaban J connectivity index is 3.88. The molecule has 0 aromatic carbocycles. The van der Waals surface area contributed by atoms with E-state index in [4.69, 9.17) is 9.84 Å². The van der Waals surface area contributed by atoms with Gasteiger partial charge < -0.3 is 15.2 Å². The summed E-state index contributed by atoms with van der Waals surface area (Å²) in [5.74, 6) is -1.25. The van der Waals surface area contributed by atoms with Gasteiger partial charge in [0, 0.05) is 12.8 Å². The minimum atomic E-state index is -1.02. The van der Waals surface area contributed by atoms with Crippen LogP contribution in [0, 0.1) is 0 Å². The molecule has 0 aromatic heterocycles. The molecule has 0 rings (SSSR count). The lowest BCUT2D eigenvalue weighted by molar-refractivity contribution is -0.150. The third-order valence-electron chi connectivity index (χ3n) is 9.03. The maximum Gasteiger partial charge on any atom is 0.322 e. The number of ether oxygens (including phenoxy) is 1. The van der Waals surface area contributed by atoms with Crippen molar-refractivity contribution in [3.8, 4) is 0 Å². The van der Waals surface area contributed by atoms with Crippen molar-refractivity contribution in [2.45, 2.75) is 225 Å². The highest BCUT2D eigenvalue weighted by Crippen LogP contribution is 2.19. The van der Waals surface area contributed by atoms with Crippen molar-refractivity contribution in [2.75, 3.05) is 6.54 Å². The first-order chi connectivity index (χ1) is 22.0. The standard InChI is InChI=1S/C39H75NO5/c1-3-5-7-9-11-12-13-14-15-16-17-18-19-20-21-22-24-30-34-39(44)45-36(31-27-23-10-8-6-4-2)32-28-25-26-29-33-37(41)40-35-38(42)43/h36H,3-35H2,1-2H3,(H,40,41)(H,42,43). The second kappa shape index (κ2) is 35.3. The van der Waals surface area contributed by atoms with Gasteiger partial charge in [0.2, 0.25) is 5.91 Å². The van der Waals surface area contributed by atoms with Crippen LogP contribution in [0.5, 0.6) is 0 Å². The number of carbonyl (C=O) groups excluding carboxylic acids is 2. The van der Waals surface area contributed by atoms with E-state index in [1.807, 2.05) is 0 Å². The van der Waals surface area contributed by atoms with E-state index in [0.29, 0.717) is 12.8 Å². The number of rotatable bonds is 36. The highest BCUT2D eigenvalue weighted by Gasteiger charge is 2.14. The Hall–Kier alpha value is -1.59. The van der Waals surface area contributed by atoms with Gasteiger partial charge in [0.05, 0.1) is 0 Å². The summed E-state index contributed by atoms with van der Waals surface area (Å²) in [6, 6.07) is 0. The van der Waals surface area contributed by atoms with Gasteiger partial charge in [-0.15, -0.1) is 0 Å². The number of carboxylic acid groups (broad SMARTS) is 1. The van der Waals surface area contributed by atoms with Crippen LogP contribution in [0.4, 0.5) is 0 Å². The molecule has 0 aliphatic carbocycles. The molecule has 0 spiro atoms. The van der Waals surface area contributed by atoms with E-state index in [9.17, 15) is 14.4 Å². The average molecular weight is 638 g/mol. The van der Waals surface area contributed by atoms with E-state index in [1.165, 1.54) is 135 Å². The third-order valence-corrected chi connectivity index (χ3v) is 9.03. The minimum absolute atomic E-state index is 0.0121. The van der Waals surface area contributed by atoms with Crippen molar-refractivity contribution in [3.05, 3.63) is 0 Å². The monoisotopic (exact) mass is 638 g/mol. The van der Waals surface area contributed by atoms with Crippen LogP contribution < -0.4 is 5.32 Å². The number of unbranched alkanes of at least 4 members (excludes halogenated alkanes) is 25. The minimum Gasteiger partial charge on any atom is -0.480 e. The average Bonchev–Trinajstić information content (AvgIpc) is 3.02. The zero-order chi connectivity index (χ0) is 33.1. The van der Waals surface area contributed by atoms with Gasteiger partial charge in [0.15, 0.2) is 0 Å². The highest BCUT2D eigenvalue weighted by molar-refractivity contribution is 5.80. The van der Waals surface area contributed by atoms with Gasteiger partial charge in [-0.05, 0) is 38.5 Å². The summed E-state index contributed by atoms with van der Waals surface area (Å²) in [5, 5.41) is 11.1. The van der Waals surface area contributed by atoms with Gasteiger partial charge in [0.25, 0.3) is 0 Å². The van der Waals surface area contributed by atoms with Gasteiger partial charge in [0.1, 0.15) is 12.6 Å². The summed E-state index contributed by atoms with van der Waals surface area (Å²) in [6.45, 7) is 4.20. The van der Waals surface area contributed by atoms with Crippen LogP contribution in [0.15, 0.2) is 0 Å². The molecule has 266 valence electrons. The molecule has 0 radical (unpaired) electrons. The van der Waals surface area contributed by atoms with Crippen molar-refractivity contribution in [1.82, 2.24) is 5.32 Å². The number of carbonyl (C=O) groups is 3. The summed E-state index contributed by atoms with van der Waals surface area (Å²) < 4.78 is 5.95. The van der Waals surface area contributed by atoms with Crippen molar-refractivity contribution in [2.24, 2.45) is 0 Å². The summed E-state index contributed by atoms with van der Waals surface area (Å²) in [7, 11) is 0. The first-order valence-electron chi connectivity index (χ1n) is 19.7. The van der Waals surface area contributed by atoms with E-state index in [2.05, 4.69) is 19.2 Å². The molecule has 0 fully saturated rings. The number of nitrogens with one attached hydrogen (secondary N) is 1. The van der Waals surface area contributed by atoms with Gasteiger partial charge in [-0.3, -0.25) is 14.4 Å². The number of hydrogen-bond acceptors (Lipinski definition) is 4. The normalized spacial score (nSPS) is 11.9. The molecule has 1 unspecified atom stereocenters. The summed E-state index contributed by atoms with van der Waals surface area (Å²) in [5.41, 5.74) is 0. The van der Waals surface area contributed by atoms with Crippen LogP contribution in [-0.4, -0.2) is 35.6 Å². The molecule has 2 N–H and O–H groups in total. The lowest BCUT2D eigenvalue weighted by Crippen LogP contribution is -2.28. The Morgan fingerprint density at radius 3 is 1.20 bits per heavy atom. The van der Waals surface area contributed by atoms with Gasteiger partial charge in [-0.1, -0.05) is 168 Å². The topological polar surface area (TPSA) is 92.7 Å². The third kappa shape index (κ3) is 35.1. The molecule has 0 aliphatic heterocycles. The zero-order valence-electron chi connectivity index (χ0n) is 30.0. The highest BCUT2D eigenvalue weighted by atomic mass is 16.5. The lowest BCUT2D eigenvalue weighted by atomic mass is 10.0. The fourth-order valence-electron chi connectivity index (χ4n) is 6.10. The molecule has 0 bridgehead atoms. The number of hydrogen-bond donors (Lipinski definition) is 2. The fourth-order valence-corrected chi connectivity index (χ4v) is 6.10. The smallest absolute Gasteiger partial charge is 0.322 e. The van der Waals surface area contributed by atoms with Gasteiger partial charge >= 0.3 is 11.9 Å². The molecule has 0 saturated carbocycles. The summed E-state index contributed by atoms with van der Waals surface area (Å²) in [4.78, 5) is 34.8. The zero-order valence-corrected chi connectivity index (χ0v) is 30.0. The van der Waals surface area contributed by atoms with Crippen LogP contribution in [0.2, 0.25) is 0 Å². The Kier molecular flexibility index (Phi) is 34.0. The molecule has 0 aromatic rings. The SMILES string of the molecule is CCCCCCCCCCCCCCCCCCCCC(=O)OC(CCCCCCCC)CCCCCCC(=O)NCC(=O)O. The van der Waals surface area contributed by atoms with Crippen LogP contribution in [0.3, 0.4) is 0 Å². The number of aliphatic carboxylic acids is 1. The Labute approximate surface area is 279 Å². The fraction of sp³-hybridized carbons (Fsp3) is 0.923. The molecule has 1 amide bonds. The summed E-state index contributed by atoms with van der Waals surface area (Å²) in [6.07, 6.45) is 38.1. The molecule has 0 heterocycles. The van der Waals surface area contributed by atoms with Crippen LogP contribution in [0.25, 0.3) is 0 Å². The second-order valence-corrected chi connectivity index (χ2v) is 13.6. The molecule has 1 atom stereocenters. The largest absolute Gasteiger partial charge is 0.480 e. The van der Waals surface area contributed by atoms with Gasteiger partial charge in [-0.25, -0.2) is 0 Å².